The van der Waals surface area contributed by atoms with E-state index < -0.39 is 30.1 Å². The van der Waals surface area contributed by atoms with Crippen molar-refractivity contribution in [3.05, 3.63) is 65.2 Å². The summed E-state index contributed by atoms with van der Waals surface area (Å²) in [5.74, 6) is -1.07. The third-order valence-corrected chi connectivity index (χ3v) is 3.81. The summed E-state index contributed by atoms with van der Waals surface area (Å²) in [6.07, 6.45) is 0. The van der Waals surface area contributed by atoms with Crippen LogP contribution in [0.25, 0.3) is 0 Å². The summed E-state index contributed by atoms with van der Waals surface area (Å²) in [6.45, 7) is 2.68. The second-order valence-electron chi connectivity index (χ2n) is 6.36. The van der Waals surface area contributed by atoms with E-state index in [4.69, 9.17) is 21.1 Å². The molecule has 0 unspecified atom stereocenters. The molecule has 28 heavy (non-hydrogen) atoms. The van der Waals surface area contributed by atoms with Crippen molar-refractivity contribution in [2.45, 2.75) is 26.0 Å². The smallest absolute Gasteiger partial charge is 0.350 e. The third-order valence-electron chi connectivity index (χ3n) is 3.56. The van der Waals surface area contributed by atoms with Crippen molar-refractivity contribution in [2.24, 2.45) is 0 Å². The number of ether oxygens (including phenoxy) is 2. The number of nitrogens with one attached hydrogen (secondary N) is 2. The summed E-state index contributed by atoms with van der Waals surface area (Å²) in [4.78, 5) is 35.7. The summed E-state index contributed by atoms with van der Waals surface area (Å²) in [7, 11) is 0. The van der Waals surface area contributed by atoms with Crippen LogP contribution >= 0.6 is 11.6 Å². The molecule has 0 saturated carbocycles. The minimum atomic E-state index is -1.33. The maximum atomic E-state index is 12.2. The molecule has 0 aliphatic heterocycles. The highest BCUT2D eigenvalue weighted by atomic mass is 35.5. The van der Waals surface area contributed by atoms with Gasteiger partial charge in [-0.05, 0) is 43.7 Å². The molecular formula is C20H21ClN2O5. The molecule has 7 nitrogen and oxygen atoms in total. The zero-order chi connectivity index (χ0) is 20.6. The lowest BCUT2D eigenvalue weighted by molar-refractivity contribution is -0.161. The molecule has 0 atom stereocenters. The second-order valence-corrected chi connectivity index (χ2v) is 6.80. The average Bonchev–Trinajstić information content (AvgIpc) is 2.67. The molecule has 0 aliphatic carbocycles. The monoisotopic (exact) mass is 404 g/mol. The largest absolute Gasteiger partial charge is 0.476 e. The molecular weight excluding hydrogens is 384 g/mol. The second kappa shape index (κ2) is 9.75. The lowest BCUT2D eigenvalue weighted by Gasteiger charge is -2.24. The molecule has 0 aliphatic rings. The van der Waals surface area contributed by atoms with E-state index in [0.717, 1.165) is 5.56 Å². The lowest BCUT2D eigenvalue weighted by atomic mass is 10.1. The van der Waals surface area contributed by atoms with E-state index in [9.17, 15) is 14.4 Å². The van der Waals surface area contributed by atoms with Crippen molar-refractivity contribution >= 4 is 29.5 Å². The first-order valence-electron chi connectivity index (χ1n) is 8.50. The number of benzene rings is 2. The van der Waals surface area contributed by atoms with E-state index >= 15 is 0 Å². The number of imide groups is 1. The Bertz CT molecular complexity index is 822. The quantitative estimate of drug-likeness (QED) is 0.692. The Labute approximate surface area is 168 Å². The summed E-state index contributed by atoms with van der Waals surface area (Å²) >= 11 is 5.80. The van der Waals surface area contributed by atoms with Crippen LogP contribution in [0.3, 0.4) is 0 Å². The number of carbonyl (C=O) groups excluding carboxylic acids is 3. The topological polar surface area (TPSA) is 93.7 Å². The number of urea groups is 1. The molecule has 0 radical (unpaired) electrons. The highest BCUT2D eigenvalue weighted by Gasteiger charge is 2.32. The number of rotatable bonds is 7. The van der Waals surface area contributed by atoms with E-state index in [1.807, 2.05) is 30.3 Å². The SMILES string of the molecule is CC(C)(Oc1ccc(Cl)cc1)C(=O)OCC(=O)NC(=O)NCc1ccccc1. The molecule has 0 aromatic heterocycles. The molecule has 0 fully saturated rings. The molecule has 2 aromatic rings. The molecule has 0 bridgehead atoms. The van der Waals surface area contributed by atoms with Crippen LogP contribution in [0.4, 0.5) is 4.79 Å². The molecule has 0 saturated heterocycles. The Morgan fingerprint density at radius 2 is 1.64 bits per heavy atom. The van der Waals surface area contributed by atoms with E-state index in [0.29, 0.717) is 10.8 Å². The van der Waals surface area contributed by atoms with Gasteiger partial charge in [0, 0.05) is 11.6 Å². The molecule has 2 rings (SSSR count). The van der Waals surface area contributed by atoms with Gasteiger partial charge in [-0.25, -0.2) is 9.59 Å². The Hall–Kier alpha value is -3.06. The number of esters is 1. The predicted molar refractivity (Wildman–Crippen MR) is 104 cm³/mol. The summed E-state index contributed by atoms with van der Waals surface area (Å²) in [6, 6.07) is 15.0. The Morgan fingerprint density at radius 3 is 2.29 bits per heavy atom. The number of hydrogen-bond acceptors (Lipinski definition) is 5. The van der Waals surface area contributed by atoms with Crippen LogP contribution in [0.1, 0.15) is 19.4 Å². The summed E-state index contributed by atoms with van der Waals surface area (Å²) < 4.78 is 10.5. The van der Waals surface area contributed by atoms with Crippen molar-refractivity contribution in [2.75, 3.05) is 6.61 Å². The molecule has 8 heteroatoms. The van der Waals surface area contributed by atoms with Gasteiger partial charge in [-0.1, -0.05) is 41.9 Å². The van der Waals surface area contributed by atoms with Crippen molar-refractivity contribution in [1.29, 1.82) is 0 Å². The van der Waals surface area contributed by atoms with Gasteiger partial charge < -0.3 is 14.8 Å². The van der Waals surface area contributed by atoms with Crippen LogP contribution in [0.2, 0.25) is 5.02 Å². The zero-order valence-electron chi connectivity index (χ0n) is 15.5. The first-order chi connectivity index (χ1) is 13.3. The van der Waals surface area contributed by atoms with Crippen LogP contribution in [-0.4, -0.2) is 30.1 Å². The van der Waals surface area contributed by atoms with Crippen LogP contribution < -0.4 is 15.4 Å². The minimum absolute atomic E-state index is 0.266. The van der Waals surface area contributed by atoms with Gasteiger partial charge in [0.2, 0.25) is 0 Å². The number of halogens is 1. The van der Waals surface area contributed by atoms with Gasteiger partial charge in [0.05, 0.1) is 0 Å². The maximum Gasteiger partial charge on any atom is 0.350 e. The van der Waals surface area contributed by atoms with Crippen molar-refractivity contribution in [1.82, 2.24) is 10.6 Å². The summed E-state index contributed by atoms with van der Waals surface area (Å²) in [5.41, 5.74) is -0.443. The van der Waals surface area contributed by atoms with E-state index in [2.05, 4.69) is 10.6 Å². The van der Waals surface area contributed by atoms with Crippen molar-refractivity contribution in [3.8, 4) is 5.75 Å². The summed E-state index contributed by atoms with van der Waals surface area (Å²) in [5, 5.41) is 5.17. The van der Waals surface area contributed by atoms with Gasteiger partial charge >= 0.3 is 12.0 Å². The molecule has 0 heterocycles. The highest BCUT2D eigenvalue weighted by Crippen LogP contribution is 2.21. The van der Waals surface area contributed by atoms with Gasteiger partial charge in [-0.2, -0.15) is 0 Å². The van der Waals surface area contributed by atoms with E-state index in [-0.39, 0.29) is 6.54 Å². The van der Waals surface area contributed by atoms with Crippen LogP contribution in [0.15, 0.2) is 54.6 Å². The normalized spacial score (nSPS) is 10.7. The molecule has 2 N–H and O–H groups in total. The van der Waals surface area contributed by atoms with Gasteiger partial charge in [0.15, 0.2) is 12.2 Å². The van der Waals surface area contributed by atoms with E-state index in [1.165, 1.54) is 13.8 Å². The fourth-order valence-corrected chi connectivity index (χ4v) is 2.25. The predicted octanol–water partition coefficient (Wildman–Crippen LogP) is 3.07. The van der Waals surface area contributed by atoms with E-state index in [1.54, 1.807) is 24.3 Å². The molecule has 2 aromatic carbocycles. The number of hydrogen-bond donors (Lipinski definition) is 2. The van der Waals surface area contributed by atoms with Gasteiger partial charge in [-0.15, -0.1) is 0 Å². The van der Waals surface area contributed by atoms with Gasteiger partial charge in [0.25, 0.3) is 5.91 Å². The Morgan fingerprint density at radius 1 is 1.00 bits per heavy atom. The Balaban J connectivity index is 1.75. The molecule has 148 valence electrons. The highest BCUT2D eigenvalue weighted by molar-refractivity contribution is 6.30. The fourth-order valence-electron chi connectivity index (χ4n) is 2.13. The van der Waals surface area contributed by atoms with Gasteiger partial charge in [-0.3, -0.25) is 10.1 Å². The van der Waals surface area contributed by atoms with Crippen LogP contribution in [0, 0.1) is 0 Å². The first kappa shape index (κ1) is 21.2. The van der Waals surface area contributed by atoms with Crippen LogP contribution in [-0.2, 0) is 20.9 Å². The average molecular weight is 405 g/mol. The van der Waals surface area contributed by atoms with Crippen LogP contribution in [0.5, 0.6) is 5.75 Å². The zero-order valence-corrected chi connectivity index (χ0v) is 16.3. The molecule has 3 amide bonds. The van der Waals surface area contributed by atoms with Crippen molar-refractivity contribution < 1.29 is 23.9 Å². The maximum absolute atomic E-state index is 12.2. The Kier molecular flexibility index (Phi) is 7.40. The number of amides is 3. The first-order valence-corrected chi connectivity index (χ1v) is 8.87. The lowest BCUT2D eigenvalue weighted by Crippen LogP contribution is -2.44. The standard InChI is InChI=1S/C20H21ClN2O5/c1-20(2,28-16-10-8-15(21)9-11-16)18(25)27-13-17(24)23-19(26)22-12-14-6-4-3-5-7-14/h3-11H,12-13H2,1-2H3,(H2,22,23,24,26). The number of carbonyl (C=O) groups is 3. The minimum Gasteiger partial charge on any atom is -0.476 e. The molecule has 0 spiro atoms. The fraction of sp³-hybridized carbons (Fsp3) is 0.250. The third kappa shape index (κ3) is 6.92. The van der Waals surface area contributed by atoms with Gasteiger partial charge in [0.1, 0.15) is 5.75 Å². The van der Waals surface area contributed by atoms with Crippen molar-refractivity contribution in [3.63, 3.8) is 0 Å².